The quantitative estimate of drug-likeness (QED) is 0.744. The van der Waals surface area contributed by atoms with Gasteiger partial charge in [-0.05, 0) is 35.9 Å². The lowest BCUT2D eigenvalue weighted by Gasteiger charge is -2.18. The molecule has 2 heterocycles. The van der Waals surface area contributed by atoms with E-state index in [1.54, 1.807) is 41.0 Å². The zero-order valence-corrected chi connectivity index (χ0v) is 12.6. The van der Waals surface area contributed by atoms with Gasteiger partial charge in [0.05, 0.1) is 18.2 Å². The lowest BCUT2D eigenvalue weighted by atomic mass is 10.2. The molecule has 0 atom stereocenters. The van der Waals surface area contributed by atoms with Gasteiger partial charge in [-0.3, -0.25) is 14.3 Å². The van der Waals surface area contributed by atoms with Gasteiger partial charge in [0.25, 0.3) is 5.91 Å². The van der Waals surface area contributed by atoms with Crippen LogP contribution in [0.4, 0.5) is 4.39 Å². The van der Waals surface area contributed by atoms with Gasteiger partial charge in [-0.25, -0.2) is 9.37 Å². The number of halogens is 1. The van der Waals surface area contributed by atoms with Crippen LogP contribution >= 0.6 is 0 Å². The molecule has 23 heavy (non-hydrogen) atoms. The van der Waals surface area contributed by atoms with E-state index in [1.165, 1.54) is 24.7 Å². The third kappa shape index (κ3) is 3.26. The number of carbonyl (C=O) groups is 1. The van der Waals surface area contributed by atoms with Crippen molar-refractivity contribution in [2.45, 2.75) is 6.54 Å². The molecule has 1 aromatic carbocycles. The molecule has 0 spiro atoms. The minimum Gasteiger partial charge on any atom is -0.336 e. The molecule has 0 unspecified atom stereocenters. The van der Waals surface area contributed by atoms with E-state index < -0.39 is 0 Å². The Morgan fingerprint density at radius 2 is 2.00 bits per heavy atom. The SMILES string of the molecule is CN(Cc1ccncc1)C(=O)c1cncn1-c1cccc(F)c1. The predicted molar refractivity (Wildman–Crippen MR) is 83.6 cm³/mol. The van der Waals surface area contributed by atoms with E-state index in [9.17, 15) is 9.18 Å². The molecule has 0 aliphatic rings. The molecular formula is C17H15FN4O. The molecule has 116 valence electrons. The minimum atomic E-state index is -0.361. The molecule has 0 aliphatic carbocycles. The summed E-state index contributed by atoms with van der Waals surface area (Å²) in [7, 11) is 1.71. The molecule has 0 fully saturated rings. The van der Waals surface area contributed by atoms with Crippen molar-refractivity contribution >= 4 is 5.91 Å². The average Bonchev–Trinajstić information content (AvgIpc) is 3.04. The second-order valence-electron chi connectivity index (χ2n) is 5.15. The molecule has 0 saturated heterocycles. The maximum atomic E-state index is 13.4. The third-order valence-electron chi connectivity index (χ3n) is 3.46. The second-order valence-corrected chi connectivity index (χ2v) is 5.15. The highest BCUT2D eigenvalue weighted by atomic mass is 19.1. The number of imidazole rings is 1. The first kappa shape index (κ1) is 14.9. The van der Waals surface area contributed by atoms with Gasteiger partial charge < -0.3 is 4.90 Å². The smallest absolute Gasteiger partial charge is 0.272 e. The van der Waals surface area contributed by atoms with Gasteiger partial charge in [0.15, 0.2) is 0 Å². The highest BCUT2D eigenvalue weighted by Crippen LogP contribution is 2.15. The number of hydrogen-bond acceptors (Lipinski definition) is 3. The number of aromatic nitrogens is 3. The molecule has 0 saturated carbocycles. The summed E-state index contributed by atoms with van der Waals surface area (Å²) < 4.78 is 15.0. The van der Waals surface area contributed by atoms with Crippen LogP contribution in [0.15, 0.2) is 61.3 Å². The molecule has 0 N–H and O–H groups in total. The Labute approximate surface area is 133 Å². The van der Waals surface area contributed by atoms with Crippen LogP contribution in [0.2, 0.25) is 0 Å². The van der Waals surface area contributed by atoms with Crippen molar-refractivity contribution in [2.24, 2.45) is 0 Å². The zero-order valence-electron chi connectivity index (χ0n) is 12.6. The second kappa shape index (κ2) is 6.39. The zero-order chi connectivity index (χ0) is 16.2. The van der Waals surface area contributed by atoms with Crippen LogP contribution in [0, 0.1) is 5.82 Å². The van der Waals surface area contributed by atoms with Gasteiger partial charge in [0.1, 0.15) is 11.5 Å². The third-order valence-corrected chi connectivity index (χ3v) is 3.46. The lowest BCUT2D eigenvalue weighted by molar-refractivity contribution is 0.0777. The summed E-state index contributed by atoms with van der Waals surface area (Å²) in [6, 6.07) is 9.75. The molecule has 2 aromatic heterocycles. The van der Waals surface area contributed by atoms with Crippen molar-refractivity contribution in [1.29, 1.82) is 0 Å². The maximum Gasteiger partial charge on any atom is 0.272 e. The Morgan fingerprint density at radius 3 is 2.74 bits per heavy atom. The van der Waals surface area contributed by atoms with Crippen molar-refractivity contribution in [3.8, 4) is 5.69 Å². The first-order valence-electron chi connectivity index (χ1n) is 7.08. The summed E-state index contributed by atoms with van der Waals surface area (Å²) in [6.07, 6.45) is 6.36. The number of carbonyl (C=O) groups excluding carboxylic acids is 1. The van der Waals surface area contributed by atoms with E-state index >= 15 is 0 Å². The van der Waals surface area contributed by atoms with E-state index in [0.717, 1.165) is 5.56 Å². The molecule has 0 radical (unpaired) electrons. The van der Waals surface area contributed by atoms with Crippen molar-refractivity contribution in [3.63, 3.8) is 0 Å². The Hall–Kier alpha value is -3.02. The lowest BCUT2D eigenvalue weighted by Crippen LogP contribution is -2.28. The minimum absolute atomic E-state index is 0.191. The standard InChI is InChI=1S/C17H15FN4O/c1-21(11-13-5-7-19-8-6-13)17(23)16-10-20-12-22(16)15-4-2-3-14(18)9-15/h2-10,12H,11H2,1H3. The summed E-state index contributed by atoms with van der Waals surface area (Å²) in [5.41, 5.74) is 1.92. The summed E-state index contributed by atoms with van der Waals surface area (Å²) >= 11 is 0. The number of nitrogens with zero attached hydrogens (tertiary/aromatic N) is 4. The number of hydrogen-bond donors (Lipinski definition) is 0. The van der Waals surface area contributed by atoms with Crippen LogP contribution in [0.5, 0.6) is 0 Å². The van der Waals surface area contributed by atoms with Crippen molar-refractivity contribution < 1.29 is 9.18 Å². The molecule has 5 nitrogen and oxygen atoms in total. The van der Waals surface area contributed by atoms with Crippen LogP contribution in [0.1, 0.15) is 16.1 Å². The molecule has 1 amide bonds. The average molecular weight is 310 g/mol. The molecule has 0 aliphatic heterocycles. The fourth-order valence-corrected chi connectivity index (χ4v) is 2.31. The largest absolute Gasteiger partial charge is 0.336 e. The van der Waals surface area contributed by atoms with Crippen LogP contribution < -0.4 is 0 Å². The van der Waals surface area contributed by atoms with Crippen molar-refractivity contribution in [2.75, 3.05) is 7.05 Å². The van der Waals surface area contributed by atoms with Crippen LogP contribution in [-0.4, -0.2) is 32.4 Å². The van der Waals surface area contributed by atoms with Crippen LogP contribution in [-0.2, 0) is 6.54 Å². The van der Waals surface area contributed by atoms with Gasteiger partial charge in [0, 0.05) is 26.0 Å². The Balaban J connectivity index is 1.85. The molecule has 0 bridgehead atoms. The molecule has 6 heteroatoms. The van der Waals surface area contributed by atoms with E-state index in [1.807, 2.05) is 12.1 Å². The van der Waals surface area contributed by atoms with Crippen LogP contribution in [0.25, 0.3) is 5.69 Å². The normalized spacial score (nSPS) is 10.5. The van der Waals surface area contributed by atoms with E-state index in [4.69, 9.17) is 0 Å². The number of benzene rings is 1. The first-order valence-corrected chi connectivity index (χ1v) is 7.08. The van der Waals surface area contributed by atoms with Gasteiger partial charge in [-0.2, -0.15) is 0 Å². The summed E-state index contributed by atoms with van der Waals surface area (Å²) in [4.78, 5) is 22.2. The predicted octanol–water partition coefficient (Wildman–Crippen LogP) is 2.68. The molecule has 3 aromatic rings. The topological polar surface area (TPSA) is 51.0 Å². The van der Waals surface area contributed by atoms with Crippen molar-refractivity contribution in [1.82, 2.24) is 19.4 Å². The first-order chi connectivity index (χ1) is 11.1. The Morgan fingerprint density at radius 1 is 1.22 bits per heavy atom. The number of rotatable bonds is 4. The van der Waals surface area contributed by atoms with E-state index in [-0.39, 0.29) is 11.7 Å². The highest BCUT2D eigenvalue weighted by molar-refractivity contribution is 5.92. The Kier molecular flexibility index (Phi) is 4.14. The van der Waals surface area contributed by atoms with Gasteiger partial charge >= 0.3 is 0 Å². The fourth-order valence-electron chi connectivity index (χ4n) is 2.31. The number of pyridine rings is 1. The monoisotopic (exact) mass is 310 g/mol. The summed E-state index contributed by atoms with van der Waals surface area (Å²) in [5, 5.41) is 0. The number of amides is 1. The molecule has 3 rings (SSSR count). The van der Waals surface area contributed by atoms with E-state index in [2.05, 4.69) is 9.97 Å². The fraction of sp³-hybridized carbons (Fsp3) is 0.118. The van der Waals surface area contributed by atoms with Gasteiger partial charge in [-0.1, -0.05) is 6.07 Å². The van der Waals surface area contributed by atoms with E-state index in [0.29, 0.717) is 17.9 Å². The van der Waals surface area contributed by atoms with Crippen LogP contribution in [0.3, 0.4) is 0 Å². The maximum absolute atomic E-state index is 13.4. The van der Waals surface area contributed by atoms with Gasteiger partial charge in [-0.15, -0.1) is 0 Å². The molecular weight excluding hydrogens is 295 g/mol. The highest BCUT2D eigenvalue weighted by Gasteiger charge is 2.17. The van der Waals surface area contributed by atoms with Gasteiger partial charge in [0.2, 0.25) is 0 Å². The summed E-state index contributed by atoms with van der Waals surface area (Å²) in [6.45, 7) is 0.454. The Bertz CT molecular complexity index is 816. The summed E-state index contributed by atoms with van der Waals surface area (Å²) in [5.74, 6) is -0.552. The van der Waals surface area contributed by atoms with Crippen molar-refractivity contribution in [3.05, 3.63) is 78.4 Å².